The van der Waals surface area contributed by atoms with Crippen LogP contribution in [-0.4, -0.2) is 29.3 Å². The van der Waals surface area contributed by atoms with Crippen LogP contribution in [0.15, 0.2) is 42.5 Å². The number of hydrogen-bond acceptors (Lipinski definition) is 5. The number of nitro benzene ring substituents is 1. The van der Waals surface area contributed by atoms with Crippen molar-refractivity contribution in [1.29, 1.82) is 0 Å². The second kappa shape index (κ2) is 5.91. The molecule has 2 heterocycles. The molecule has 0 aliphatic carbocycles. The zero-order valence-electron chi connectivity index (χ0n) is 13.6. The summed E-state index contributed by atoms with van der Waals surface area (Å²) < 4.78 is 13.6. The molecule has 2 aliphatic rings. The predicted octanol–water partition coefficient (Wildman–Crippen LogP) is 2.43. The van der Waals surface area contributed by atoms with E-state index in [0.29, 0.717) is 6.54 Å². The van der Waals surface area contributed by atoms with Crippen LogP contribution in [0.2, 0.25) is 0 Å². The van der Waals surface area contributed by atoms with Gasteiger partial charge in [-0.05, 0) is 30.2 Å². The predicted molar refractivity (Wildman–Crippen MR) is 91.4 cm³/mol. The first-order valence-corrected chi connectivity index (χ1v) is 8.12. The van der Waals surface area contributed by atoms with Crippen molar-refractivity contribution >= 4 is 28.9 Å². The number of halogens is 1. The molecule has 0 bridgehead atoms. The Morgan fingerprint density at radius 2 is 1.92 bits per heavy atom. The zero-order valence-corrected chi connectivity index (χ0v) is 13.6. The van der Waals surface area contributed by atoms with Crippen LogP contribution in [0.25, 0.3) is 0 Å². The Kier molecular flexibility index (Phi) is 3.68. The molecule has 2 aromatic carbocycles. The van der Waals surface area contributed by atoms with Crippen molar-refractivity contribution < 1.29 is 18.9 Å². The molecule has 0 N–H and O–H groups in total. The second-order valence-corrected chi connectivity index (χ2v) is 6.25. The van der Waals surface area contributed by atoms with E-state index in [0.717, 1.165) is 34.7 Å². The van der Waals surface area contributed by atoms with E-state index in [-0.39, 0.29) is 12.1 Å². The molecule has 2 aliphatic heterocycles. The van der Waals surface area contributed by atoms with Gasteiger partial charge in [0.25, 0.3) is 5.91 Å². The topological polar surface area (TPSA) is 83.8 Å². The van der Waals surface area contributed by atoms with Crippen LogP contribution in [0.3, 0.4) is 0 Å². The van der Waals surface area contributed by atoms with E-state index in [9.17, 15) is 24.1 Å². The summed E-state index contributed by atoms with van der Waals surface area (Å²) in [6.45, 7) is 0.625. The number of rotatable bonds is 3. The van der Waals surface area contributed by atoms with E-state index in [1.54, 1.807) is 0 Å². The number of carbonyl (C=O) groups is 2. The van der Waals surface area contributed by atoms with Crippen molar-refractivity contribution in [3.63, 3.8) is 0 Å². The van der Waals surface area contributed by atoms with Gasteiger partial charge in [-0.25, -0.2) is 4.90 Å². The fourth-order valence-electron chi connectivity index (χ4n) is 3.60. The quantitative estimate of drug-likeness (QED) is 0.480. The average Bonchev–Trinajstić information content (AvgIpc) is 3.16. The first kappa shape index (κ1) is 16.2. The normalized spacial score (nSPS) is 19.2. The first-order chi connectivity index (χ1) is 12.5. The molecular weight excluding hydrogens is 341 g/mol. The number of nitrogens with zero attached hydrogens (tertiary/aromatic N) is 3. The van der Waals surface area contributed by atoms with E-state index in [1.165, 1.54) is 6.07 Å². The summed E-state index contributed by atoms with van der Waals surface area (Å²) in [6.07, 6.45) is 0.772. The summed E-state index contributed by atoms with van der Waals surface area (Å²) in [7, 11) is 0. The van der Waals surface area contributed by atoms with Crippen LogP contribution in [0.5, 0.6) is 0 Å². The number of nitro groups is 1. The Balaban J connectivity index is 1.67. The van der Waals surface area contributed by atoms with E-state index >= 15 is 0 Å². The molecule has 2 amide bonds. The Hall–Kier alpha value is -3.29. The molecule has 0 saturated carbocycles. The van der Waals surface area contributed by atoms with Gasteiger partial charge in [-0.2, -0.15) is 4.39 Å². The Morgan fingerprint density at radius 3 is 2.69 bits per heavy atom. The van der Waals surface area contributed by atoms with Gasteiger partial charge in [-0.1, -0.05) is 18.2 Å². The van der Waals surface area contributed by atoms with Gasteiger partial charge in [0.1, 0.15) is 6.04 Å². The summed E-state index contributed by atoms with van der Waals surface area (Å²) in [5.41, 5.74) is 1.29. The number of anilines is 2. The van der Waals surface area contributed by atoms with E-state index in [2.05, 4.69) is 0 Å². The Bertz CT molecular complexity index is 946. The van der Waals surface area contributed by atoms with Gasteiger partial charge in [0.05, 0.1) is 17.0 Å². The minimum Gasteiger partial charge on any atom is -0.359 e. The lowest BCUT2D eigenvalue weighted by Gasteiger charge is -2.25. The van der Waals surface area contributed by atoms with Crippen LogP contribution in [0.1, 0.15) is 12.0 Å². The highest BCUT2D eigenvalue weighted by atomic mass is 19.1. The molecule has 1 unspecified atom stereocenters. The lowest BCUT2D eigenvalue weighted by atomic mass is 10.1. The van der Waals surface area contributed by atoms with Crippen molar-refractivity contribution in [3.05, 3.63) is 64.0 Å². The average molecular weight is 355 g/mol. The minimum atomic E-state index is -1.01. The summed E-state index contributed by atoms with van der Waals surface area (Å²) in [5.74, 6) is -1.92. The summed E-state index contributed by atoms with van der Waals surface area (Å²) in [4.78, 5) is 38.2. The smallest absolute Gasteiger partial charge is 0.306 e. The van der Waals surface area contributed by atoms with E-state index in [1.807, 2.05) is 29.2 Å². The third-order valence-electron chi connectivity index (χ3n) is 4.81. The third kappa shape index (κ3) is 2.42. The second-order valence-electron chi connectivity index (χ2n) is 6.25. The number of hydrogen-bond donors (Lipinski definition) is 0. The molecule has 0 aromatic heterocycles. The highest BCUT2D eigenvalue weighted by molar-refractivity contribution is 6.23. The largest absolute Gasteiger partial charge is 0.359 e. The van der Waals surface area contributed by atoms with Crippen LogP contribution in [0.4, 0.5) is 21.5 Å². The maximum absolute atomic E-state index is 13.6. The molecule has 1 saturated heterocycles. The monoisotopic (exact) mass is 355 g/mol. The number of imide groups is 1. The fraction of sp³-hybridized carbons (Fsp3) is 0.222. The summed E-state index contributed by atoms with van der Waals surface area (Å²) in [6, 6.07) is 10.1. The summed E-state index contributed by atoms with van der Waals surface area (Å²) >= 11 is 0. The Labute approximate surface area is 147 Å². The third-order valence-corrected chi connectivity index (χ3v) is 4.81. The molecule has 7 nitrogen and oxygen atoms in total. The molecule has 8 heteroatoms. The van der Waals surface area contributed by atoms with Gasteiger partial charge in [0.15, 0.2) is 0 Å². The molecule has 132 valence electrons. The molecule has 2 aromatic rings. The van der Waals surface area contributed by atoms with Crippen LogP contribution in [0, 0.1) is 15.9 Å². The zero-order chi connectivity index (χ0) is 18.4. The van der Waals surface area contributed by atoms with Gasteiger partial charge >= 0.3 is 5.69 Å². The van der Waals surface area contributed by atoms with Crippen LogP contribution >= 0.6 is 0 Å². The number of benzene rings is 2. The number of para-hydroxylation sites is 1. The fourth-order valence-corrected chi connectivity index (χ4v) is 3.60. The van der Waals surface area contributed by atoms with Crippen LogP contribution in [-0.2, 0) is 16.0 Å². The molecule has 0 radical (unpaired) electrons. The molecule has 1 atom stereocenters. The van der Waals surface area contributed by atoms with Gasteiger partial charge in [-0.3, -0.25) is 19.7 Å². The molecule has 0 spiro atoms. The van der Waals surface area contributed by atoms with Gasteiger partial charge in [-0.15, -0.1) is 0 Å². The number of fused-ring (bicyclic) bond motifs is 1. The SMILES string of the molecule is O=C1CC(N2CCc3ccccc32)C(=O)N1c1ccc(F)c([N+](=O)[O-])c1. The lowest BCUT2D eigenvalue weighted by Crippen LogP contribution is -2.41. The van der Waals surface area contributed by atoms with Gasteiger partial charge in [0.2, 0.25) is 11.7 Å². The minimum absolute atomic E-state index is 0.0155. The first-order valence-electron chi connectivity index (χ1n) is 8.12. The summed E-state index contributed by atoms with van der Waals surface area (Å²) in [5, 5.41) is 10.9. The maximum Gasteiger partial charge on any atom is 0.306 e. The molecule has 4 rings (SSSR count). The maximum atomic E-state index is 13.6. The molecular formula is C18H14FN3O4. The van der Waals surface area contributed by atoms with Crippen molar-refractivity contribution in [2.75, 3.05) is 16.3 Å². The number of carbonyl (C=O) groups excluding carboxylic acids is 2. The van der Waals surface area contributed by atoms with Gasteiger partial charge < -0.3 is 4.90 Å². The van der Waals surface area contributed by atoms with Crippen molar-refractivity contribution in [3.8, 4) is 0 Å². The van der Waals surface area contributed by atoms with Gasteiger partial charge in [0, 0.05) is 18.3 Å². The van der Waals surface area contributed by atoms with E-state index < -0.39 is 34.3 Å². The standard InChI is InChI=1S/C18H14FN3O4/c19-13-6-5-12(9-15(13)22(25)26)21-17(23)10-16(18(21)24)20-8-7-11-3-1-2-4-14(11)20/h1-6,9,16H,7-8,10H2. The van der Waals surface area contributed by atoms with Crippen molar-refractivity contribution in [1.82, 2.24) is 0 Å². The van der Waals surface area contributed by atoms with E-state index in [4.69, 9.17) is 0 Å². The van der Waals surface area contributed by atoms with Crippen LogP contribution < -0.4 is 9.80 Å². The highest BCUT2D eigenvalue weighted by Gasteiger charge is 2.44. The molecule has 1 fully saturated rings. The van der Waals surface area contributed by atoms with Crippen molar-refractivity contribution in [2.24, 2.45) is 0 Å². The lowest BCUT2D eigenvalue weighted by molar-refractivity contribution is -0.387. The number of amides is 2. The molecule has 26 heavy (non-hydrogen) atoms. The highest BCUT2D eigenvalue weighted by Crippen LogP contribution is 2.35. The van der Waals surface area contributed by atoms with Crippen molar-refractivity contribution in [2.45, 2.75) is 18.9 Å². The Morgan fingerprint density at radius 1 is 1.15 bits per heavy atom.